The molecule has 0 aromatic heterocycles. The van der Waals surface area contributed by atoms with E-state index in [9.17, 15) is 0 Å². The van der Waals surface area contributed by atoms with Crippen molar-refractivity contribution in [3.8, 4) is 0 Å². The van der Waals surface area contributed by atoms with Gasteiger partial charge in [-0.3, -0.25) is 9.89 Å². The van der Waals surface area contributed by atoms with E-state index in [1.165, 1.54) is 5.56 Å². The first-order chi connectivity index (χ1) is 12.1. The van der Waals surface area contributed by atoms with Crippen LogP contribution in [0, 0.1) is 5.92 Å². The molecule has 0 bridgehead atoms. The number of halogens is 1. The molecule has 0 radical (unpaired) electrons. The molecule has 1 N–H and O–H groups in total. The van der Waals surface area contributed by atoms with Crippen LogP contribution in [0.4, 0.5) is 0 Å². The van der Waals surface area contributed by atoms with Gasteiger partial charge in [-0.15, -0.1) is 24.0 Å². The molecule has 5 nitrogen and oxygen atoms in total. The van der Waals surface area contributed by atoms with Crippen molar-refractivity contribution >= 4 is 29.9 Å². The van der Waals surface area contributed by atoms with Gasteiger partial charge in [0.15, 0.2) is 5.96 Å². The van der Waals surface area contributed by atoms with Gasteiger partial charge >= 0.3 is 0 Å². The quantitative estimate of drug-likeness (QED) is 0.357. The smallest absolute Gasteiger partial charge is 0.193 e. The molecule has 0 aliphatic carbocycles. The molecule has 0 spiro atoms. The van der Waals surface area contributed by atoms with E-state index in [4.69, 9.17) is 4.74 Å². The maximum atomic E-state index is 5.47. The molecule has 1 aliphatic heterocycles. The number of rotatable bonds is 8. The highest BCUT2D eigenvalue weighted by molar-refractivity contribution is 14.0. The standard InChI is InChI=1S/C20H34N4O.HI/c1-17(23(3)14-18-8-6-5-7-9-18)10-12-22-20(21-2)24(4)15-19-11-13-25-16-19;/h5-9,17,19H,10-16H2,1-4H3,(H,21,22);1H. The zero-order valence-corrected chi connectivity index (χ0v) is 19.0. The zero-order valence-electron chi connectivity index (χ0n) is 16.6. The Kier molecular flexibility index (Phi) is 11.2. The summed E-state index contributed by atoms with van der Waals surface area (Å²) < 4.78 is 5.47. The molecule has 1 heterocycles. The third-order valence-corrected chi connectivity index (χ3v) is 5.00. The van der Waals surface area contributed by atoms with Gasteiger partial charge in [-0.25, -0.2) is 0 Å². The van der Waals surface area contributed by atoms with Crippen molar-refractivity contribution in [2.75, 3.05) is 47.4 Å². The van der Waals surface area contributed by atoms with Gasteiger partial charge in [0.2, 0.25) is 0 Å². The molecular weight excluding hydrogens is 439 g/mol. The van der Waals surface area contributed by atoms with Gasteiger partial charge in [0.1, 0.15) is 0 Å². The van der Waals surface area contributed by atoms with E-state index in [1.807, 2.05) is 7.05 Å². The maximum absolute atomic E-state index is 5.47. The fourth-order valence-corrected chi connectivity index (χ4v) is 3.23. The van der Waals surface area contributed by atoms with Crippen LogP contribution in [0.1, 0.15) is 25.3 Å². The molecular formula is C20H35IN4O. The van der Waals surface area contributed by atoms with Crippen LogP contribution < -0.4 is 5.32 Å². The molecule has 0 amide bonds. The Labute approximate surface area is 176 Å². The van der Waals surface area contributed by atoms with E-state index in [0.29, 0.717) is 12.0 Å². The summed E-state index contributed by atoms with van der Waals surface area (Å²) in [6.07, 6.45) is 2.24. The fraction of sp³-hybridized carbons (Fsp3) is 0.650. The number of nitrogens with zero attached hydrogens (tertiary/aromatic N) is 3. The number of ether oxygens (including phenoxy) is 1. The largest absolute Gasteiger partial charge is 0.381 e. The van der Waals surface area contributed by atoms with Gasteiger partial charge in [0.25, 0.3) is 0 Å². The third kappa shape index (κ3) is 7.80. The fourth-order valence-electron chi connectivity index (χ4n) is 3.23. The lowest BCUT2D eigenvalue weighted by Crippen LogP contribution is -2.43. The first kappa shape index (κ1) is 23.2. The minimum atomic E-state index is 0. The Bertz CT molecular complexity index is 520. The number of aliphatic imine (C=N–C) groups is 1. The van der Waals surface area contributed by atoms with E-state index in [1.54, 1.807) is 0 Å². The van der Waals surface area contributed by atoms with Gasteiger partial charge < -0.3 is 15.0 Å². The highest BCUT2D eigenvalue weighted by atomic mass is 127. The molecule has 1 aliphatic rings. The zero-order chi connectivity index (χ0) is 18.1. The van der Waals surface area contributed by atoms with Crippen molar-refractivity contribution in [1.82, 2.24) is 15.1 Å². The van der Waals surface area contributed by atoms with Crippen LogP contribution in [0.25, 0.3) is 0 Å². The number of hydrogen-bond acceptors (Lipinski definition) is 3. The third-order valence-electron chi connectivity index (χ3n) is 5.00. The maximum Gasteiger partial charge on any atom is 0.193 e. The predicted octanol–water partition coefficient (Wildman–Crippen LogP) is 3.06. The summed E-state index contributed by atoms with van der Waals surface area (Å²) in [7, 11) is 6.16. The number of hydrogen-bond donors (Lipinski definition) is 1. The second kappa shape index (κ2) is 12.5. The molecule has 148 valence electrons. The van der Waals surface area contributed by atoms with E-state index in [2.05, 4.69) is 71.5 Å². The van der Waals surface area contributed by atoms with Gasteiger partial charge in [-0.1, -0.05) is 30.3 Å². The molecule has 2 unspecified atom stereocenters. The Morgan fingerprint density at radius 1 is 1.31 bits per heavy atom. The first-order valence-corrected chi connectivity index (χ1v) is 9.33. The number of nitrogens with one attached hydrogen (secondary N) is 1. The van der Waals surface area contributed by atoms with Crippen molar-refractivity contribution in [3.05, 3.63) is 35.9 Å². The first-order valence-electron chi connectivity index (χ1n) is 9.33. The van der Waals surface area contributed by atoms with Crippen LogP contribution in [0.15, 0.2) is 35.3 Å². The second-order valence-electron chi connectivity index (χ2n) is 7.12. The van der Waals surface area contributed by atoms with Crippen molar-refractivity contribution in [2.24, 2.45) is 10.9 Å². The van der Waals surface area contributed by atoms with Crippen LogP contribution in [0.3, 0.4) is 0 Å². The van der Waals surface area contributed by atoms with Crippen molar-refractivity contribution < 1.29 is 4.74 Å². The molecule has 2 atom stereocenters. The highest BCUT2D eigenvalue weighted by Crippen LogP contribution is 2.13. The van der Waals surface area contributed by atoms with Crippen LogP contribution in [0.5, 0.6) is 0 Å². The van der Waals surface area contributed by atoms with Gasteiger partial charge in [-0.2, -0.15) is 0 Å². The van der Waals surface area contributed by atoms with E-state index < -0.39 is 0 Å². The topological polar surface area (TPSA) is 40.1 Å². The number of benzene rings is 1. The lowest BCUT2D eigenvalue weighted by atomic mass is 10.1. The molecule has 1 aromatic rings. The van der Waals surface area contributed by atoms with E-state index >= 15 is 0 Å². The summed E-state index contributed by atoms with van der Waals surface area (Å²) in [5, 5.41) is 3.50. The van der Waals surface area contributed by atoms with Crippen LogP contribution in [-0.4, -0.2) is 69.2 Å². The summed E-state index contributed by atoms with van der Waals surface area (Å²) in [6, 6.07) is 11.2. The minimum Gasteiger partial charge on any atom is -0.381 e. The van der Waals surface area contributed by atoms with Crippen molar-refractivity contribution in [1.29, 1.82) is 0 Å². The van der Waals surface area contributed by atoms with Gasteiger partial charge in [0.05, 0.1) is 6.61 Å². The Morgan fingerprint density at radius 2 is 2.04 bits per heavy atom. The normalized spacial score (nSPS) is 18.5. The lowest BCUT2D eigenvalue weighted by molar-refractivity contribution is 0.181. The molecule has 1 aromatic carbocycles. The summed E-state index contributed by atoms with van der Waals surface area (Å²) in [6.45, 7) is 6.98. The predicted molar refractivity (Wildman–Crippen MR) is 120 cm³/mol. The molecule has 2 rings (SSSR count). The van der Waals surface area contributed by atoms with Gasteiger partial charge in [0, 0.05) is 52.3 Å². The summed E-state index contributed by atoms with van der Waals surface area (Å²) in [5.74, 6) is 1.60. The molecule has 1 fully saturated rings. The lowest BCUT2D eigenvalue weighted by Gasteiger charge is -2.27. The monoisotopic (exact) mass is 474 g/mol. The van der Waals surface area contributed by atoms with Crippen LogP contribution in [0.2, 0.25) is 0 Å². The molecule has 0 saturated carbocycles. The second-order valence-corrected chi connectivity index (χ2v) is 7.12. The minimum absolute atomic E-state index is 0. The molecule has 26 heavy (non-hydrogen) atoms. The summed E-state index contributed by atoms with van der Waals surface area (Å²) in [4.78, 5) is 9.04. The Hall–Kier alpha value is -0.860. The average Bonchev–Trinajstić information content (AvgIpc) is 3.12. The van der Waals surface area contributed by atoms with Crippen LogP contribution >= 0.6 is 24.0 Å². The van der Waals surface area contributed by atoms with Crippen LogP contribution in [-0.2, 0) is 11.3 Å². The SMILES string of the molecule is CN=C(NCCC(C)N(C)Cc1ccccc1)N(C)CC1CCOC1.I. The Balaban J connectivity index is 0.00000338. The van der Waals surface area contributed by atoms with Crippen molar-refractivity contribution in [3.63, 3.8) is 0 Å². The average molecular weight is 474 g/mol. The number of guanidine groups is 1. The summed E-state index contributed by atoms with van der Waals surface area (Å²) >= 11 is 0. The van der Waals surface area contributed by atoms with E-state index in [0.717, 1.165) is 51.6 Å². The molecule has 1 saturated heterocycles. The Morgan fingerprint density at radius 3 is 2.65 bits per heavy atom. The van der Waals surface area contributed by atoms with E-state index in [-0.39, 0.29) is 24.0 Å². The highest BCUT2D eigenvalue weighted by Gasteiger charge is 2.19. The van der Waals surface area contributed by atoms with Crippen molar-refractivity contribution in [2.45, 2.75) is 32.4 Å². The summed E-state index contributed by atoms with van der Waals surface area (Å²) in [5.41, 5.74) is 1.36. The molecule has 6 heteroatoms. The van der Waals surface area contributed by atoms with Gasteiger partial charge in [-0.05, 0) is 32.4 Å².